The Morgan fingerprint density at radius 2 is 0.839 bits per heavy atom. The first kappa shape index (κ1) is 38.4. The van der Waals surface area contributed by atoms with Gasteiger partial charge in [0.2, 0.25) is 0 Å². The molecule has 2 aliphatic rings. The third-order valence-electron chi connectivity index (χ3n) is 13.3. The van der Waals surface area contributed by atoms with Crippen LogP contribution < -0.4 is 0 Å². The Hall–Kier alpha value is -4.46. The van der Waals surface area contributed by atoms with Crippen LogP contribution in [0, 0.1) is 13.8 Å². The zero-order valence-electron chi connectivity index (χ0n) is 35.2. The van der Waals surface area contributed by atoms with Crippen LogP contribution in [-0.2, 0) is 28.8 Å². The van der Waals surface area contributed by atoms with Crippen molar-refractivity contribution in [1.29, 1.82) is 0 Å². The van der Waals surface area contributed by atoms with E-state index in [2.05, 4.69) is 223 Å². The molecule has 2 atom stereocenters. The van der Waals surface area contributed by atoms with Crippen LogP contribution in [0.3, 0.4) is 0 Å². The van der Waals surface area contributed by atoms with Crippen molar-refractivity contribution in [3.05, 3.63) is 201 Å². The Morgan fingerprint density at radius 1 is 0.464 bits per heavy atom. The van der Waals surface area contributed by atoms with Crippen LogP contribution in [0.5, 0.6) is 0 Å². The molecule has 0 saturated carbocycles. The summed E-state index contributed by atoms with van der Waals surface area (Å²) in [7, 11) is 0. The molecule has 282 valence electrons. The van der Waals surface area contributed by atoms with Crippen LogP contribution in [0.25, 0.3) is 34.4 Å². The number of benzene rings is 6. The summed E-state index contributed by atoms with van der Waals surface area (Å²) in [4.78, 5) is 0. The van der Waals surface area contributed by atoms with Gasteiger partial charge in [-0.25, -0.2) is 0 Å². The first-order valence-corrected chi connectivity index (χ1v) is 33.7. The molecule has 8 rings (SSSR count). The molecule has 6 aromatic rings. The molecule has 0 aliphatic heterocycles. The van der Waals surface area contributed by atoms with Gasteiger partial charge in [0.1, 0.15) is 0 Å². The van der Waals surface area contributed by atoms with E-state index >= 15 is 0 Å². The van der Waals surface area contributed by atoms with Crippen LogP contribution in [0.1, 0.15) is 105 Å². The van der Waals surface area contributed by atoms with E-state index in [1.165, 1.54) is 77.9 Å². The van der Waals surface area contributed by atoms with Crippen molar-refractivity contribution < 1.29 is 18.0 Å². The summed E-state index contributed by atoms with van der Waals surface area (Å²) in [5.74, 6) is 0. The summed E-state index contributed by atoms with van der Waals surface area (Å²) in [5, 5.41) is 0. The van der Waals surface area contributed by atoms with E-state index < -0.39 is 18.0 Å². The molecule has 0 nitrogen and oxygen atoms in total. The molecule has 0 bridgehead atoms. The SMILES string of the molecule is Cc1ccc([C](c2ccc(C)cc2)=[Hf]([CH3])([CH3])([CH]2C=Cc3c(-c4cccc(C(C)(C)C)c4)cccc32)[CH]2C=Cc3c(-c4cccc(C(C)(C)C)c4)cccc32)cc1. The quantitative estimate of drug-likeness (QED) is 0.146. The Morgan fingerprint density at radius 3 is 1.21 bits per heavy atom. The van der Waals surface area contributed by atoms with Crippen LogP contribution >= 0.6 is 0 Å². The molecule has 0 fully saturated rings. The number of hydrogen-bond acceptors (Lipinski definition) is 0. The van der Waals surface area contributed by atoms with Gasteiger partial charge in [0.25, 0.3) is 0 Å². The number of allylic oxidation sites excluding steroid dienone is 2. The van der Waals surface area contributed by atoms with Crippen molar-refractivity contribution in [2.45, 2.75) is 82.9 Å². The summed E-state index contributed by atoms with van der Waals surface area (Å²) < 4.78 is 7.76. The van der Waals surface area contributed by atoms with Gasteiger partial charge >= 0.3 is 340 Å². The third kappa shape index (κ3) is 6.55. The normalized spacial score (nSPS) is 16.6. The monoisotopic (exact) mass is 898 g/mol. The van der Waals surface area contributed by atoms with Crippen molar-refractivity contribution in [3.8, 4) is 22.3 Å². The molecule has 0 amide bonds. The van der Waals surface area contributed by atoms with E-state index in [0.29, 0.717) is 7.35 Å². The van der Waals surface area contributed by atoms with Gasteiger partial charge in [0.05, 0.1) is 0 Å². The number of aryl methyl sites for hydroxylation is 2. The maximum atomic E-state index is 2.79. The molecule has 6 aromatic carbocycles. The Bertz CT molecular complexity index is 2430. The van der Waals surface area contributed by atoms with E-state index in [-0.39, 0.29) is 10.8 Å². The molecule has 0 aromatic heterocycles. The van der Waals surface area contributed by atoms with Crippen LogP contribution in [0.2, 0.25) is 9.36 Å². The second kappa shape index (κ2) is 13.9. The van der Waals surface area contributed by atoms with Crippen LogP contribution in [0.4, 0.5) is 0 Å². The molecule has 0 heterocycles. The van der Waals surface area contributed by atoms with E-state index in [0.717, 1.165) is 0 Å². The Kier molecular flexibility index (Phi) is 9.52. The topological polar surface area (TPSA) is 0 Å². The van der Waals surface area contributed by atoms with E-state index in [9.17, 15) is 0 Å². The summed E-state index contributed by atoms with van der Waals surface area (Å²) >= 11 is -4.70. The molecule has 56 heavy (non-hydrogen) atoms. The van der Waals surface area contributed by atoms with Gasteiger partial charge < -0.3 is 0 Å². The standard InChI is InChI=1S/2C19H19.C15H14.2CH3.Hf/c2*1-19(2,3)16-10-4-9-15(13-16)18-12-6-8-14-7-5-11-17(14)18;1-12-3-7-14(8-4-12)11-15-9-5-13(2)6-10-15;;;/h2*4-13H,1-3H3;3-10H,1-2H3;2*1H3;. The number of hydrogen-bond donors (Lipinski definition) is 0. The molecule has 0 N–H and O–H groups in total. The molecule has 2 unspecified atom stereocenters. The van der Waals surface area contributed by atoms with Gasteiger partial charge in [-0.2, -0.15) is 0 Å². The molecule has 1 heteroatoms. The summed E-state index contributed by atoms with van der Waals surface area (Å²) in [6.07, 6.45) is 10.2. The van der Waals surface area contributed by atoms with Crippen molar-refractivity contribution in [3.63, 3.8) is 0 Å². The van der Waals surface area contributed by atoms with Gasteiger partial charge in [-0.3, -0.25) is 0 Å². The maximum absolute atomic E-state index is 4.70. The second-order valence-corrected chi connectivity index (χ2v) is 44.7. The summed E-state index contributed by atoms with van der Waals surface area (Å²) in [5.41, 5.74) is 19.2. The third-order valence-corrected chi connectivity index (χ3v) is 38.4. The molecular formula is C55H58Hf. The van der Waals surface area contributed by atoms with E-state index in [1.807, 2.05) is 0 Å². The predicted molar refractivity (Wildman–Crippen MR) is 242 cm³/mol. The van der Waals surface area contributed by atoms with Gasteiger partial charge in [0.15, 0.2) is 0 Å². The summed E-state index contributed by atoms with van der Waals surface area (Å²) in [6, 6.07) is 51.7. The van der Waals surface area contributed by atoms with Gasteiger partial charge in [0, 0.05) is 0 Å². The van der Waals surface area contributed by atoms with Crippen LogP contribution in [0.15, 0.2) is 146 Å². The first-order chi connectivity index (χ1) is 26.5. The Balaban J connectivity index is 1.43. The van der Waals surface area contributed by atoms with E-state index in [4.69, 9.17) is 0 Å². The predicted octanol–water partition coefficient (Wildman–Crippen LogP) is 15.1. The average molecular weight is 898 g/mol. The van der Waals surface area contributed by atoms with E-state index in [1.54, 1.807) is 3.26 Å². The fourth-order valence-electron chi connectivity index (χ4n) is 10.1. The van der Waals surface area contributed by atoms with Crippen molar-refractivity contribution in [2.24, 2.45) is 0 Å². The van der Waals surface area contributed by atoms with Crippen molar-refractivity contribution >= 4 is 15.4 Å². The second-order valence-electron chi connectivity index (χ2n) is 19.7. The van der Waals surface area contributed by atoms with Crippen molar-refractivity contribution in [1.82, 2.24) is 0 Å². The molecule has 0 saturated heterocycles. The number of fused-ring (bicyclic) bond motifs is 2. The molecule has 0 radical (unpaired) electrons. The molecule has 2 aliphatic carbocycles. The molecular weight excluding hydrogens is 839 g/mol. The minimum atomic E-state index is -4.70. The van der Waals surface area contributed by atoms with Crippen molar-refractivity contribution in [2.75, 3.05) is 0 Å². The zero-order chi connectivity index (χ0) is 39.6. The number of rotatable bonds is 6. The van der Waals surface area contributed by atoms with Crippen LogP contribution in [-0.4, -0.2) is 3.26 Å². The fourth-order valence-corrected chi connectivity index (χ4v) is 35.1. The van der Waals surface area contributed by atoms with Gasteiger partial charge in [-0.1, -0.05) is 0 Å². The minimum absolute atomic E-state index is 0.0797. The van der Waals surface area contributed by atoms with Gasteiger partial charge in [-0.15, -0.1) is 0 Å². The first-order valence-electron chi connectivity index (χ1n) is 20.6. The van der Waals surface area contributed by atoms with Gasteiger partial charge in [-0.05, 0) is 0 Å². The molecule has 0 spiro atoms. The zero-order valence-corrected chi connectivity index (χ0v) is 38.8. The average Bonchev–Trinajstić information content (AvgIpc) is 3.83. The summed E-state index contributed by atoms with van der Waals surface area (Å²) in [6.45, 7) is 18.3. The fraction of sp³-hybridized carbons (Fsp3) is 0.255. The Labute approximate surface area is 337 Å².